The number of nitrogens with zero attached hydrogens (tertiary/aromatic N) is 4. The van der Waals surface area contributed by atoms with Gasteiger partial charge < -0.3 is 0 Å². The third-order valence-corrected chi connectivity index (χ3v) is 13.6. The number of aromatic nitrogens is 3. The lowest BCUT2D eigenvalue weighted by Crippen LogP contribution is -2.33. The maximum absolute atomic E-state index is 9.74. The smallest absolute Gasteiger partial charge is 0.164 e. The van der Waals surface area contributed by atoms with Crippen LogP contribution in [0.4, 0.5) is 0 Å². The Hall–Kier alpha value is -6.18. The van der Waals surface area contributed by atoms with E-state index in [1.165, 1.54) is 88.6 Å². The third kappa shape index (κ3) is 4.66. The first-order valence-corrected chi connectivity index (χ1v) is 19.9. The monoisotopic (exact) mass is 708 g/mol. The second-order valence-electron chi connectivity index (χ2n) is 16.3. The van der Waals surface area contributed by atoms with Crippen LogP contribution in [0, 0.1) is 23.2 Å². The minimum Gasteiger partial charge on any atom is -0.208 e. The average molecular weight is 709 g/mol. The van der Waals surface area contributed by atoms with Gasteiger partial charge in [-0.1, -0.05) is 147 Å². The molecule has 2 fully saturated rings. The third-order valence-electron chi connectivity index (χ3n) is 13.6. The van der Waals surface area contributed by atoms with Gasteiger partial charge in [-0.05, 0) is 105 Å². The van der Waals surface area contributed by atoms with Gasteiger partial charge in [0.25, 0.3) is 0 Å². The van der Waals surface area contributed by atoms with Gasteiger partial charge in [-0.25, -0.2) is 15.0 Å². The molecule has 0 amide bonds. The zero-order valence-corrected chi connectivity index (χ0v) is 31.0. The van der Waals surface area contributed by atoms with Crippen molar-refractivity contribution in [3.8, 4) is 62.5 Å². The summed E-state index contributed by atoms with van der Waals surface area (Å²) in [5.74, 6) is 3.50. The molecule has 2 unspecified atom stereocenters. The van der Waals surface area contributed by atoms with Crippen LogP contribution >= 0.6 is 0 Å². The van der Waals surface area contributed by atoms with E-state index in [4.69, 9.17) is 15.0 Å². The number of hydrogen-bond donors (Lipinski definition) is 0. The van der Waals surface area contributed by atoms with Crippen molar-refractivity contribution >= 4 is 0 Å². The molecule has 0 saturated heterocycles. The SMILES string of the molecule is CCC1(c2ccc3c(c2)-c2ccccc2C32c3ccccc3-c3c(-c4nc(-c5ccccc5)nc(-c5cccc(C#N)c5)n4)cccc32)C[C@@H]2CC[C@@H](C2)C1. The van der Waals surface area contributed by atoms with Crippen molar-refractivity contribution in [1.29, 1.82) is 5.26 Å². The van der Waals surface area contributed by atoms with Gasteiger partial charge in [0.15, 0.2) is 17.5 Å². The fourth-order valence-electron chi connectivity index (χ4n) is 11.2. The van der Waals surface area contributed by atoms with Gasteiger partial charge in [-0.15, -0.1) is 0 Å². The van der Waals surface area contributed by atoms with Crippen molar-refractivity contribution in [2.75, 3.05) is 0 Å². The summed E-state index contributed by atoms with van der Waals surface area (Å²) in [5.41, 5.74) is 14.9. The van der Waals surface area contributed by atoms with E-state index in [1.54, 1.807) is 0 Å². The van der Waals surface area contributed by atoms with Crippen LogP contribution in [-0.2, 0) is 10.8 Å². The Balaban J connectivity index is 1.15. The van der Waals surface area contributed by atoms with Crippen LogP contribution in [0.2, 0.25) is 0 Å². The molecule has 6 aromatic carbocycles. The lowest BCUT2D eigenvalue weighted by Gasteiger charge is -2.41. The van der Waals surface area contributed by atoms with Crippen molar-refractivity contribution in [1.82, 2.24) is 15.0 Å². The van der Waals surface area contributed by atoms with E-state index in [2.05, 4.69) is 97.9 Å². The Morgan fingerprint density at radius 3 is 1.93 bits per heavy atom. The van der Waals surface area contributed by atoms with Crippen LogP contribution < -0.4 is 0 Å². The fourth-order valence-corrected chi connectivity index (χ4v) is 11.2. The van der Waals surface area contributed by atoms with Gasteiger partial charge in [0.1, 0.15) is 0 Å². The topological polar surface area (TPSA) is 62.5 Å². The molecule has 0 N–H and O–H groups in total. The Morgan fingerprint density at radius 2 is 1.16 bits per heavy atom. The number of benzene rings is 6. The van der Waals surface area contributed by atoms with Gasteiger partial charge in [0, 0.05) is 16.7 Å². The molecule has 4 aliphatic carbocycles. The van der Waals surface area contributed by atoms with E-state index in [9.17, 15) is 5.26 Å². The number of fused-ring (bicyclic) bond motifs is 12. The Labute approximate surface area is 322 Å². The number of hydrogen-bond acceptors (Lipinski definition) is 4. The zero-order chi connectivity index (χ0) is 36.7. The molecule has 11 rings (SSSR count). The predicted molar refractivity (Wildman–Crippen MR) is 219 cm³/mol. The van der Waals surface area contributed by atoms with E-state index in [0.29, 0.717) is 23.0 Å². The van der Waals surface area contributed by atoms with E-state index in [1.807, 2.05) is 54.6 Å². The summed E-state index contributed by atoms with van der Waals surface area (Å²) in [6, 6.07) is 52.3. The van der Waals surface area contributed by atoms with Crippen LogP contribution in [0.25, 0.3) is 56.4 Å². The van der Waals surface area contributed by atoms with E-state index in [-0.39, 0.29) is 5.41 Å². The Morgan fingerprint density at radius 1 is 0.564 bits per heavy atom. The molecular weight excluding hydrogens is 669 g/mol. The lowest BCUT2D eigenvalue weighted by atomic mass is 9.63. The molecular formula is C51H40N4. The van der Waals surface area contributed by atoms with Gasteiger partial charge in [-0.2, -0.15) is 5.26 Å². The predicted octanol–water partition coefficient (Wildman–Crippen LogP) is 11.9. The highest BCUT2D eigenvalue weighted by molar-refractivity contribution is 5.99. The van der Waals surface area contributed by atoms with Crippen molar-refractivity contribution in [2.24, 2.45) is 11.8 Å². The quantitative estimate of drug-likeness (QED) is 0.179. The molecule has 55 heavy (non-hydrogen) atoms. The molecule has 1 heterocycles. The van der Waals surface area contributed by atoms with Crippen LogP contribution in [0.3, 0.4) is 0 Å². The summed E-state index contributed by atoms with van der Waals surface area (Å²) < 4.78 is 0. The minimum absolute atomic E-state index is 0.252. The van der Waals surface area contributed by atoms with Gasteiger partial charge >= 0.3 is 0 Å². The molecule has 4 atom stereocenters. The van der Waals surface area contributed by atoms with E-state index in [0.717, 1.165) is 28.5 Å². The molecule has 4 nitrogen and oxygen atoms in total. The van der Waals surface area contributed by atoms with Gasteiger partial charge in [-0.3, -0.25) is 0 Å². The van der Waals surface area contributed by atoms with Crippen molar-refractivity contribution in [3.63, 3.8) is 0 Å². The minimum atomic E-state index is -0.476. The molecule has 1 aromatic heterocycles. The van der Waals surface area contributed by atoms with Gasteiger partial charge in [0.2, 0.25) is 0 Å². The molecule has 2 bridgehead atoms. The molecule has 0 radical (unpaired) electrons. The molecule has 264 valence electrons. The first-order chi connectivity index (χ1) is 27.1. The van der Waals surface area contributed by atoms with Crippen LogP contribution in [0.5, 0.6) is 0 Å². The molecule has 4 heteroatoms. The van der Waals surface area contributed by atoms with Crippen molar-refractivity contribution < 1.29 is 0 Å². The maximum Gasteiger partial charge on any atom is 0.164 e. The Bertz CT molecular complexity index is 2710. The van der Waals surface area contributed by atoms with E-state index >= 15 is 0 Å². The second kappa shape index (κ2) is 12.2. The molecule has 1 spiro atoms. The Kier molecular flexibility index (Phi) is 7.14. The zero-order valence-electron chi connectivity index (χ0n) is 31.0. The summed E-state index contributed by atoms with van der Waals surface area (Å²) in [7, 11) is 0. The molecule has 7 aromatic rings. The molecule has 0 aliphatic heterocycles. The molecule has 2 saturated carbocycles. The summed E-state index contributed by atoms with van der Waals surface area (Å²) in [6.45, 7) is 2.43. The maximum atomic E-state index is 9.74. The average Bonchev–Trinajstić information content (AvgIpc) is 3.87. The van der Waals surface area contributed by atoms with Crippen molar-refractivity contribution in [2.45, 2.75) is 56.3 Å². The second-order valence-corrected chi connectivity index (χ2v) is 16.3. The highest BCUT2D eigenvalue weighted by Crippen LogP contribution is 2.64. The summed E-state index contributed by atoms with van der Waals surface area (Å²) in [5, 5.41) is 9.74. The first-order valence-electron chi connectivity index (χ1n) is 19.9. The number of nitriles is 1. The normalized spacial score (nSPS) is 22.5. The highest BCUT2D eigenvalue weighted by atomic mass is 15.0. The summed E-state index contributed by atoms with van der Waals surface area (Å²) in [4.78, 5) is 15.4. The highest BCUT2D eigenvalue weighted by Gasteiger charge is 2.53. The molecule has 4 aliphatic rings. The largest absolute Gasteiger partial charge is 0.208 e. The number of rotatable bonds is 5. The van der Waals surface area contributed by atoms with Crippen LogP contribution in [-0.4, -0.2) is 15.0 Å². The van der Waals surface area contributed by atoms with Crippen LogP contribution in [0.15, 0.2) is 140 Å². The van der Waals surface area contributed by atoms with Gasteiger partial charge in [0.05, 0.1) is 17.0 Å². The van der Waals surface area contributed by atoms with Crippen LogP contribution in [0.1, 0.15) is 78.8 Å². The summed E-state index contributed by atoms with van der Waals surface area (Å²) in [6.07, 6.45) is 8.07. The standard InChI is InChI=1S/C51H40N4/c1-2-50(29-32-22-23-33(26-32)30-50)37-24-25-44-41(28-37)38-16-6-8-19-42(38)51(44)43-20-9-7-17-39(43)46-40(18-11-21-45(46)51)49-54-47(35-13-4-3-5-14-35)53-48(55-49)36-15-10-12-34(27-36)31-52/h3-21,24-25,27-28,32-33H,2,22-23,26,29-30H2,1H3/t32-,33+,50?,51?. The van der Waals surface area contributed by atoms with Crippen molar-refractivity contribution in [3.05, 3.63) is 173 Å². The summed E-state index contributed by atoms with van der Waals surface area (Å²) >= 11 is 0. The first kappa shape index (κ1) is 32.3. The fraction of sp³-hybridized carbons (Fsp3) is 0.216. The van der Waals surface area contributed by atoms with E-state index < -0.39 is 5.41 Å². The lowest BCUT2D eigenvalue weighted by molar-refractivity contribution is 0.207.